The zero-order valence-electron chi connectivity index (χ0n) is 6.49. The monoisotopic (exact) mass is 149 g/mol. The molecular weight excluding hydrogens is 138 g/mol. The van der Waals surface area contributed by atoms with Crippen LogP contribution in [0.4, 0.5) is 0 Å². The van der Waals surface area contributed by atoms with Crippen LogP contribution in [0.5, 0.6) is 0 Å². The van der Waals surface area contributed by atoms with E-state index in [1.54, 1.807) is 13.0 Å². The molecular formula is C9H11NO. The third-order valence-corrected chi connectivity index (χ3v) is 1.85. The number of rotatable bonds is 1. The Morgan fingerprint density at radius 1 is 1.82 bits per heavy atom. The molecule has 11 heavy (non-hydrogen) atoms. The molecule has 0 saturated carbocycles. The zero-order chi connectivity index (χ0) is 8.27. The van der Waals surface area contributed by atoms with E-state index in [2.05, 4.69) is 6.07 Å². The van der Waals surface area contributed by atoms with Gasteiger partial charge in [-0.05, 0) is 19.4 Å². The Bertz CT molecular complexity index is 232. The van der Waals surface area contributed by atoms with Gasteiger partial charge in [0.1, 0.15) is 0 Å². The van der Waals surface area contributed by atoms with Gasteiger partial charge in [-0.1, -0.05) is 12.2 Å². The Labute approximate surface area is 66.5 Å². The fourth-order valence-electron chi connectivity index (χ4n) is 1.12. The highest BCUT2D eigenvalue weighted by molar-refractivity contribution is 5.36. The second kappa shape index (κ2) is 3.36. The predicted molar refractivity (Wildman–Crippen MR) is 42.6 cm³/mol. The molecule has 0 aromatic rings. The van der Waals surface area contributed by atoms with E-state index >= 15 is 0 Å². The average molecular weight is 149 g/mol. The van der Waals surface area contributed by atoms with Gasteiger partial charge in [-0.25, -0.2) is 0 Å². The lowest BCUT2D eigenvalue weighted by Crippen LogP contribution is -2.15. The summed E-state index contributed by atoms with van der Waals surface area (Å²) < 4.78 is 0. The Hall–Kier alpha value is -1.07. The van der Waals surface area contributed by atoms with Crippen molar-refractivity contribution in [3.05, 3.63) is 23.8 Å². The van der Waals surface area contributed by atoms with Crippen molar-refractivity contribution in [3.63, 3.8) is 0 Å². The van der Waals surface area contributed by atoms with Crippen LogP contribution in [-0.2, 0) is 0 Å². The van der Waals surface area contributed by atoms with Crippen LogP contribution in [0.25, 0.3) is 0 Å². The summed E-state index contributed by atoms with van der Waals surface area (Å²) in [5.41, 5.74) is 0.655. The molecule has 0 aromatic carbocycles. The van der Waals surface area contributed by atoms with Crippen molar-refractivity contribution in [2.45, 2.75) is 19.4 Å². The Balaban J connectivity index is 2.71. The summed E-state index contributed by atoms with van der Waals surface area (Å²) in [6.07, 6.45) is 6.02. The lowest BCUT2D eigenvalue weighted by Gasteiger charge is -2.16. The molecule has 1 rings (SSSR count). The molecule has 1 N–H and O–H groups in total. The number of aliphatic hydroxyl groups is 1. The van der Waals surface area contributed by atoms with E-state index in [4.69, 9.17) is 5.26 Å². The molecule has 2 atom stereocenters. The van der Waals surface area contributed by atoms with Gasteiger partial charge in [0.05, 0.1) is 12.2 Å². The van der Waals surface area contributed by atoms with Gasteiger partial charge < -0.3 is 5.11 Å². The van der Waals surface area contributed by atoms with Gasteiger partial charge in [-0.2, -0.15) is 5.26 Å². The van der Waals surface area contributed by atoms with E-state index in [-0.39, 0.29) is 12.0 Å². The summed E-state index contributed by atoms with van der Waals surface area (Å²) in [5.74, 6) is 0.120. The minimum absolute atomic E-state index is 0.120. The highest BCUT2D eigenvalue weighted by atomic mass is 16.3. The van der Waals surface area contributed by atoms with Crippen LogP contribution in [0.15, 0.2) is 23.8 Å². The van der Waals surface area contributed by atoms with E-state index in [0.29, 0.717) is 5.57 Å². The van der Waals surface area contributed by atoms with Gasteiger partial charge in [0.2, 0.25) is 0 Å². The number of nitrogens with zero attached hydrogens (tertiary/aromatic N) is 1. The summed E-state index contributed by atoms with van der Waals surface area (Å²) in [4.78, 5) is 0. The van der Waals surface area contributed by atoms with Crippen molar-refractivity contribution in [1.82, 2.24) is 0 Å². The minimum Gasteiger partial charge on any atom is -0.393 e. The van der Waals surface area contributed by atoms with Gasteiger partial charge in [-0.15, -0.1) is 0 Å². The van der Waals surface area contributed by atoms with Crippen molar-refractivity contribution >= 4 is 0 Å². The standard InChI is InChI=1S/C9H11NO/c1-7(11)9-4-2-3-8(5-9)6-10/h2-3,5,7,9,11H,4H2,1H3. The fourth-order valence-corrected chi connectivity index (χ4v) is 1.12. The van der Waals surface area contributed by atoms with Crippen LogP contribution in [0.1, 0.15) is 13.3 Å². The van der Waals surface area contributed by atoms with E-state index in [1.165, 1.54) is 0 Å². The maximum absolute atomic E-state index is 9.20. The van der Waals surface area contributed by atoms with Crippen LogP contribution < -0.4 is 0 Å². The number of nitriles is 1. The zero-order valence-corrected chi connectivity index (χ0v) is 6.49. The topological polar surface area (TPSA) is 44.0 Å². The molecule has 0 saturated heterocycles. The van der Waals surface area contributed by atoms with Crippen molar-refractivity contribution in [3.8, 4) is 6.07 Å². The molecule has 2 nitrogen and oxygen atoms in total. The van der Waals surface area contributed by atoms with Gasteiger partial charge in [0.25, 0.3) is 0 Å². The van der Waals surface area contributed by atoms with Gasteiger partial charge >= 0.3 is 0 Å². The van der Waals surface area contributed by atoms with Gasteiger partial charge in [0, 0.05) is 11.5 Å². The van der Waals surface area contributed by atoms with E-state index in [9.17, 15) is 5.11 Å². The first-order valence-electron chi connectivity index (χ1n) is 3.70. The Kier molecular flexibility index (Phi) is 2.45. The van der Waals surface area contributed by atoms with Crippen LogP contribution >= 0.6 is 0 Å². The Morgan fingerprint density at radius 2 is 2.55 bits per heavy atom. The van der Waals surface area contributed by atoms with Crippen molar-refractivity contribution < 1.29 is 5.11 Å². The van der Waals surface area contributed by atoms with E-state index in [0.717, 1.165) is 6.42 Å². The first kappa shape index (κ1) is 8.03. The average Bonchev–Trinajstić information content (AvgIpc) is 2.05. The van der Waals surface area contributed by atoms with Crippen molar-refractivity contribution in [2.24, 2.45) is 5.92 Å². The summed E-state index contributed by atoms with van der Waals surface area (Å²) in [5, 5.41) is 17.7. The second-order valence-corrected chi connectivity index (χ2v) is 2.78. The number of aliphatic hydroxyl groups excluding tert-OH is 1. The summed E-state index contributed by atoms with van der Waals surface area (Å²) in [7, 11) is 0. The second-order valence-electron chi connectivity index (χ2n) is 2.78. The van der Waals surface area contributed by atoms with Crippen molar-refractivity contribution in [2.75, 3.05) is 0 Å². The summed E-state index contributed by atoms with van der Waals surface area (Å²) >= 11 is 0. The molecule has 2 unspecified atom stereocenters. The molecule has 0 aromatic heterocycles. The highest BCUT2D eigenvalue weighted by Gasteiger charge is 2.13. The molecule has 58 valence electrons. The van der Waals surface area contributed by atoms with Crippen LogP contribution in [0.2, 0.25) is 0 Å². The quantitative estimate of drug-likeness (QED) is 0.612. The minimum atomic E-state index is -0.358. The molecule has 1 aliphatic carbocycles. The maximum atomic E-state index is 9.20. The lowest BCUT2D eigenvalue weighted by molar-refractivity contribution is 0.149. The number of hydrogen-bond donors (Lipinski definition) is 1. The normalized spacial score (nSPS) is 25.5. The summed E-state index contributed by atoms with van der Waals surface area (Å²) in [6.45, 7) is 1.75. The molecule has 2 heteroatoms. The highest BCUT2D eigenvalue weighted by Crippen LogP contribution is 2.19. The Morgan fingerprint density at radius 3 is 3.09 bits per heavy atom. The third kappa shape index (κ3) is 1.92. The smallest absolute Gasteiger partial charge is 0.0988 e. The van der Waals surface area contributed by atoms with Crippen LogP contribution in [-0.4, -0.2) is 11.2 Å². The largest absolute Gasteiger partial charge is 0.393 e. The first-order valence-corrected chi connectivity index (χ1v) is 3.70. The van der Waals surface area contributed by atoms with Gasteiger partial charge in [0.15, 0.2) is 0 Å². The molecule has 0 spiro atoms. The van der Waals surface area contributed by atoms with E-state index in [1.807, 2.05) is 12.2 Å². The molecule has 0 bridgehead atoms. The predicted octanol–water partition coefficient (Wildman–Crippen LogP) is 1.39. The molecule has 0 aliphatic heterocycles. The SMILES string of the molecule is CC(O)C1C=C(C#N)C=CC1. The fraction of sp³-hybridized carbons (Fsp3) is 0.444. The maximum Gasteiger partial charge on any atom is 0.0988 e. The number of allylic oxidation sites excluding steroid dienone is 3. The first-order chi connectivity index (χ1) is 5.24. The van der Waals surface area contributed by atoms with Gasteiger partial charge in [-0.3, -0.25) is 0 Å². The molecule has 0 radical (unpaired) electrons. The molecule has 0 amide bonds. The van der Waals surface area contributed by atoms with E-state index < -0.39 is 0 Å². The molecule has 0 fully saturated rings. The lowest BCUT2D eigenvalue weighted by atomic mass is 9.93. The van der Waals surface area contributed by atoms with Crippen LogP contribution in [0.3, 0.4) is 0 Å². The van der Waals surface area contributed by atoms with Crippen LogP contribution in [0, 0.1) is 17.2 Å². The molecule has 1 aliphatic rings. The molecule has 0 heterocycles. The summed E-state index contributed by atoms with van der Waals surface area (Å²) in [6, 6.07) is 2.05. The number of hydrogen-bond acceptors (Lipinski definition) is 2. The van der Waals surface area contributed by atoms with Crippen molar-refractivity contribution in [1.29, 1.82) is 5.26 Å². The third-order valence-electron chi connectivity index (χ3n) is 1.85.